The number of thiophene rings is 1. The molecular formula is C30H37N3O4S. The van der Waals surface area contributed by atoms with Crippen LogP contribution >= 0.6 is 11.3 Å². The van der Waals surface area contributed by atoms with Gasteiger partial charge in [0, 0.05) is 30.8 Å². The summed E-state index contributed by atoms with van der Waals surface area (Å²) < 4.78 is 11.4. The highest BCUT2D eigenvalue weighted by Gasteiger charge is 2.33. The predicted octanol–water partition coefficient (Wildman–Crippen LogP) is 5.87. The molecular weight excluding hydrogens is 498 g/mol. The van der Waals surface area contributed by atoms with Gasteiger partial charge in [-0.15, -0.1) is 11.3 Å². The molecule has 1 aliphatic rings. The summed E-state index contributed by atoms with van der Waals surface area (Å²) in [6.45, 7) is 7.86. The van der Waals surface area contributed by atoms with Crippen LogP contribution in [0.2, 0.25) is 0 Å². The molecule has 3 aromatic rings. The van der Waals surface area contributed by atoms with Gasteiger partial charge >= 0.3 is 6.03 Å². The average molecular weight is 536 g/mol. The molecule has 0 aliphatic carbocycles. The molecule has 202 valence electrons. The number of anilines is 1. The van der Waals surface area contributed by atoms with Crippen molar-refractivity contribution in [2.24, 2.45) is 0 Å². The molecule has 1 aliphatic heterocycles. The number of nitrogens with zero attached hydrogens (tertiary/aromatic N) is 2. The summed E-state index contributed by atoms with van der Waals surface area (Å²) in [6, 6.07) is 17.3. The van der Waals surface area contributed by atoms with Crippen molar-refractivity contribution in [2.75, 3.05) is 45.3 Å². The van der Waals surface area contributed by atoms with E-state index in [1.165, 1.54) is 15.3 Å². The van der Waals surface area contributed by atoms with Crippen LogP contribution in [0.15, 0.2) is 60.0 Å². The number of rotatable bonds is 10. The minimum Gasteiger partial charge on any atom is -0.491 e. The van der Waals surface area contributed by atoms with Crippen molar-refractivity contribution in [3.63, 3.8) is 0 Å². The van der Waals surface area contributed by atoms with Gasteiger partial charge in [-0.25, -0.2) is 4.79 Å². The molecule has 38 heavy (non-hydrogen) atoms. The number of methoxy groups -OCH3 is 1. The Labute approximate surface area is 229 Å². The normalized spacial score (nSPS) is 14.8. The molecule has 0 bridgehead atoms. The van der Waals surface area contributed by atoms with E-state index < -0.39 is 0 Å². The Hall–Kier alpha value is -3.36. The van der Waals surface area contributed by atoms with E-state index in [2.05, 4.69) is 42.7 Å². The number of benzene rings is 2. The summed E-state index contributed by atoms with van der Waals surface area (Å²) in [5.41, 5.74) is 4.18. The lowest BCUT2D eigenvalue weighted by molar-refractivity contribution is -0.135. The fourth-order valence-electron chi connectivity index (χ4n) is 4.55. The fourth-order valence-corrected chi connectivity index (χ4v) is 5.47. The number of hydrogen-bond donors (Lipinski definition) is 1. The summed E-state index contributed by atoms with van der Waals surface area (Å²) >= 11 is 1.72. The van der Waals surface area contributed by atoms with Gasteiger partial charge < -0.3 is 24.6 Å². The number of carbonyl (C=O) groups is 2. The topological polar surface area (TPSA) is 71.1 Å². The van der Waals surface area contributed by atoms with Gasteiger partial charge in [-0.3, -0.25) is 4.79 Å². The van der Waals surface area contributed by atoms with Gasteiger partial charge in [0.05, 0.1) is 12.6 Å². The molecule has 0 spiro atoms. The first-order chi connectivity index (χ1) is 18.4. The highest BCUT2D eigenvalue weighted by Crippen LogP contribution is 2.34. The zero-order valence-electron chi connectivity index (χ0n) is 22.6. The molecule has 0 radical (unpaired) electrons. The van der Waals surface area contributed by atoms with E-state index in [-0.39, 0.29) is 24.5 Å². The van der Waals surface area contributed by atoms with Crippen molar-refractivity contribution in [3.8, 4) is 5.75 Å². The number of urea groups is 1. The smallest absolute Gasteiger partial charge is 0.322 e. The second kappa shape index (κ2) is 12.9. The van der Waals surface area contributed by atoms with Crippen molar-refractivity contribution >= 4 is 29.0 Å². The van der Waals surface area contributed by atoms with Gasteiger partial charge in [0.2, 0.25) is 5.91 Å². The highest BCUT2D eigenvalue weighted by molar-refractivity contribution is 7.10. The van der Waals surface area contributed by atoms with Crippen LogP contribution in [-0.4, -0.2) is 61.7 Å². The first-order valence-electron chi connectivity index (χ1n) is 13.1. The third-order valence-electron chi connectivity index (χ3n) is 6.85. The van der Waals surface area contributed by atoms with E-state index in [1.54, 1.807) is 18.4 Å². The average Bonchev–Trinajstić information content (AvgIpc) is 3.40. The van der Waals surface area contributed by atoms with Crippen molar-refractivity contribution in [1.29, 1.82) is 0 Å². The molecule has 1 N–H and O–H groups in total. The second-order valence-corrected chi connectivity index (χ2v) is 10.9. The SMILES string of the molecule is COCCN(CC(=O)N1CCc2sccc2[C@H]1COc1ccc(C(C)C)cc1)C(=O)Nc1ccc(C)cc1. The first-order valence-corrected chi connectivity index (χ1v) is 13.9. The molecule has 1 aromatic heterocycles. The molecule has 7 nitrogen and oxygen atoms in total. The Balaban J connectivity index is 1.47. The minimum atomic E-state index is -0.328. The monoisotopic (exact) mass is 535 g/mol. The highest BCUT2D eigenvalue weighted by atomic mass is 32.1. The summed E-state index contributed by atoms with van der Waals surface area (Å²) in [5, 5.41) is 4.98. The van der Waals surface area contributed by atoms with Gasteiger partial charge in [-0.1, -0.05) is 43.7 Å². The van der Waals surface area contributed by atoms with Crippen LogP contribution in [0.4, 0.5) is 10.5 Å². The maximum Gasteiger partial charge on any atom is 0.322 e. The molecule has 2 heterocycles. The number of carbonyl (C=O) groups excluding carboxylic acids is 2. The van der Waals surface area contributed by atoms with Crippen LogP contribution in [0.25, 0.3) is 0 Å². The largest absolute Gasteiger partial charge is 0.491 e. The number of amides is 3. The van der Waals surface area contributed by atoms with Crippen LogP contribution < -0.4 is 10.1 Å². The van der Waals surface area contributed by atoms with E-state index in [1.807, 2.05) is 48.2 Å². The van der Waals surface area contributed by atoms with E-state index in [0.717, 1.165) is 23.3 Å². The molecule has 3 amide bonds. The summed E-state index contributed by atoms with van der Waals surface area (Å²) in [6.07, 6.45) is 0.798. The predicted molar refractivity (Wildman–Crippen MR) is 152 cm³/mol. The molecule has 0 saturated heterocycles. The number of hydrogen-bond acceptors (Lipinski definition) is 5. The quantitative estimate of drug-likeness (QED) is 0.353. The Kier molecular flexibility index (Phi) is 9.42. The maximum absolute atomic E-state index is 13.7. The number of nitrogens with one attached hydrogen (secondary N) is 1. The van der Waals surface area contributed by atoms with E-state index in [9.17, 15) is 9.59 Å². The molecule has 8 heteroatoms. The first kappa shape index (κ1) is 27.7. The van der Waals surface area contributed by atoms with Gasteiger partial charge in [-0.05, 0) is 66.1 Å². The Morgan fingerprint density at radius 3 is 2.53 bits per heavy atom. The number of ether oxygens (including phenoxy) is 2. The maximum atomic E-state index is 13.7. The van der Waals surface area contributed by atoms with Crippen LogP contribution in [0.3, 0.4) is 0 Å². The Bertz CT molecular complexity index is 1210. The van der Waals surface area contributed by atoms with Crippen molar-refractivity contribution in [3.05, 3.63) is 81.5 Å². The van der Waals surface area contributed by atoms with Crippen molar-refractivity contribution < 1.29 is 19.1 Å². The fraction of sp³-hybridized carbons (Fsp3) is 0.400. The zero-order chi connectivity index (χ0) is 27.1. The van der Waals surface area contributed by atoms with E-state index >= 15 is 0 Å². The van der Waals surface area contributed by atoms with E-state index in [0.29, 0.717) is 37.9 Å². The van der Waals surface area contributed by atoms with Crippen molar-refractivity contribution in [1.82, 2.24) is 9.80 Å². The second-order valence-electron chi connectivity index (χ2n) is 9.90. The summed E-state index contributed by atoms with van der Waals surface area (Å²) in [4.78, 5) is 31.4. The van der Waals surface area contributed by atoms with Gasteiger partial charge in [0.1, 0.15) is 18.9 Å². The molecule has 0 unspecified atom stereocenters. The minimum absolute atomic E-state index is 0.0416. The number of aryl methyl sites for hydroxylation is 1. The number of fused-ring (bicyclic) bond motifs is 1. The Morgan fingerprint density at radius 2 is 1.84 bits per heavy atom. The van der Waals surface area contributed by atoms with Gasteiger partial charge in [-0.2, -0.15) is 0 Å². The van der Waals surface area contributed by atoms with Crippen molar-refractivity contribution in [2.45, 2.75) is 39.2 Å². The lowest BCUT2D eigenvalue weighted by atomic mass is 10.00. The van der Waals surface area contributed by atoms with E-state index in [4.69, 9.17) is 9.47 Å². The molecule has 1 atom stereocenters. The van der Waals surface area contributed by atoms with Gasteiger partial charge in [0.15, 0.2) is 0 Å². The standard InChI is InChI=1S/C30H37N3O4S/c1-21(2)23-7-11-25(12-8-23)37-20-27-26-14-18-38-28(26)13-15-33(27)29(34)19-32(16-17-36-4)30(35)31-24-9-5-22(3)6-10-24/h5-12,14,18,21,27H,13,15-17,19-20H2,1-4H3,(H,31,35)/t27-/m1/s1. The molecule has 4 rings (SSSR count). The molecule has 0 fully saturated rings. The third kappa shape index (κ3) is 6.94. The summed E-state index contributed by atoms with van der Waals surface area (Å²) in [5.74, 6) is 1.12. The molecule has 0 saturated carbocycles. The third-order valence-corrected chi connectivity index (χ3v) is 7.85. The Morgan fingerprint density at radius 1 is 1.11 bits per heavy atom. The van der Waals surface area contributed by atoms with Crippen LogP contribution in [-0.2, 0) is 16.0 Å². The van der Waals surface area contributed by atoms with Gasteiger partial charge in [0.25, 0.3) is 0 Å². The van der Waals surface area contributed by atoms with Crippen LogP contribution in [0, 0.1) is 6.92 Å². The summed E-state index contributed by atoms with van der Waals surface area (Å²) in [7, 11) is 1.59. The van der Waals surface area contributed by atoms with Crippen LogP contribution in [0.1, 0.15) is 47.4 Å². The van der Waals surface area contributed by atoms with Crippen LogP contribution in [0.5, 0.6) is 5.75 Å². The molecule has 2 aromatic carbocycles. The lowest BCUT2D eigenvalue weighted by Gasteiger charge is -2.37. The zero-order valence-corrected chi connectivity index (χ0v) is 23.4. The lowest BCUT2D eigenvalue weighted by Crippen LogP contribution is -2.49.